The summed E-state index contributed by atoms with van der Waals surface area (Å²) >= 11 is 0. The fraction of sp³-hybridized carbons (Fsp3) is 1.00. The third-order valence-electron chi connectivity index (χ3n) is 2.53. The summed E-state index contributed by atoms with van der Waals surface area (Å²) in [6.07, 6.45) is 4.30. The molecule has 5 heteroatoms. The zero-order chi connectivity index (χ0) is 9.90. The Kier molecular flexibility index (Phi) is 3.70. The van der Waals surface area contributed by atoms with Gasteiger partial charge >= 0.3 is 0 Å². The first-order chi connectivity index (χ1) is 6.04. The summed E-state index contributed by atoms with van der Waals surface area (Å²) < 4.78 is 24.0. The van der Waals surface area contributed by atoms with E-state index in [9.17, 15) is 8.42 Å². The largest absolute Gasteiger partial charge is 0.330 e. The minimum atomic E-state index is -2.98. The molecule has 0 spiro atoms. The van der Waals surface area contributed by atoms with E-state index in [1.807, 2.05) is 0 Å². The smallest absolute Gasteiger partial charge is 0.211 e. The minimum absolute atomic E-state index is 0.466. The highest BCUT2D eigenvalue weighted by Crippen LogP contribution is 2.20. The summed E-state index contributed by atoms with van der Waals surface area (Å²) in [6, 6.07) is 0. The Morgan fingerprint density at radius 1 is 1.54 bits per heavy atom. The standard InChI is InChI=1S/C8H18N2O2S/c1-13(11,12)10-6-2-3-8(7-10)4-5-9/h8H,2-7,9H2,1H3. The molecule has 1 rings (SSSR count). The second-order valence-corrected chi connectivity index (χ2v) is 5.69. The fourth-order valence-corrected chi connectivity index (χ4v) is 2.74. The molecule has 0 aromatic rings. The molecule has 78 valence electrons. The van der Waals surface area contributed by atoms with Crippen LogP contribution < -0.4 is 5.73 Å². The molecule has 1 aliphatic heterocycles. The van der Waals surface area contributed by atoms with Crippen molar-refractivity contribution in [3.05, 3.63) is 0 Å². The van der Waals surface area contributed by atoms with Crippen LogP contribution in [0.4, 0.5) is 0 Å². The summed E-state index contributed by atoms with van der Waals surface area (Å²) in [5.41, 5.74) is 5.45. The van der Waals surface area contributed by atoms with Crippen LogP contribution in [0.25, 0.3) is 0 Å². The molecule has 1 saturated heterocycles. The maximum Gasteiger partial charge on any atom is 0.211 e. The van der Waals surface area contributed by atoms with Gasteiger partial charge in [0.2, 0.25) is 10.0 Å². The van der Waals surface area contributed by atoms with Gasteiger partial charge in [-0.1, -0.05) is 0 Å². The van der Waals surface area contributed by atoms with Gasteiger partial charge in [-0.3, -0.25) is 0 Å². The molecule has 1 atom stereocenters. The summed E-state index contributed by atoms with van der Waals surface area (Å²) in [7, 11) is -2.98. The van der Waals surface area contributed by atoms with E-state index in [0.717, 1.165) is 19.3 Å². The highest BCUT2D eigenvalue weighted by molar-refractivity contribution is 7.88. The zero-order valence-electron chi connectivity index (χ0n) is 8.07. The summed E-state index contributed by atoms with van der Waals surface area (Å²) in [5, 5.41) is 0. The molecule has 13 heavy (non-hydrogen) atoms. The highest BCUT2D eigenvalue weighted by atomic mass is 32.2. The lowest BCUT2D eigenvalue weighted by atomic mass is 9.96. The van der Waals surface area contributed by atoms with Crippen molar-refractivity contribution in [3.8, 4) is 0 Å². The van der Waals surface area contributed by atoms with Crippen molar-refractivity contribution >= 4 is 10.0 Å². The molecule has 4 nitrogen and oxygen atoms in total. The molecule has 0 radical (unpaired) electrons. The van der Waals surface area contributed by atoms with Crippen molar-refractivity contribution in [1.82, 2.24) is 4.31 Å². The van der Waals surface area contributed by atoms with Crippen molar-refractivity contribution in [2.24, 2.45) is 11.7 Å². The SMILES string of the molecule is CS(=O)(=O)N1CCCC(CCN)C1. The van der Waals surface area contributed by atoms with Crippen LogP contribution >= 0.6 is 0 Å². The van der Waals surface area contributed by atoms with Crippen LogP contribution in [-0.4, -0.2) is 38.6 Å². The number of sulfonamides is 1. The maximum atomic E-state index is 11.2. The number of piperidine rings is 1. The Morgan fingerprint density at radius 2 is 2.23 bits per heavy atom. The van der Waals surface area contributed by atoms with Crippen molar-refractivity contribution in [2.45, 2.75) is 19.3 Å². The van der Waals surface area contributed by atoms with Crippen molar-refractivity contribution in [1.29, 1.82) is 0 Å². The van der Waals surface area contributed by atoms with E-state index in [-0.39, 0.29) is 0 Å². The number of nitrogens with two attached hydrogens (primary N) is 1. The molecule has 0 aliphatic carbocycles. The maximum absolute atomic E-state index is 11.2. The Morgan fingerprint density at radius 3 is 2.77 bits per heavy atom. The van der Waals surface area contributed by atoms with E-state index in [4.69, 9.17) is 5.73 Å². The quantitative estimate of drug-likeness (QED) is 0.707. The van der Waals surface area contributed by atoms with Crippen LogP contribution in [0.5, 0.6) is 0 Å². The fourth-order valence-electron chi connectivity index (χ4n) is 1.80. The van der Waals surface area contributed by atoms with Crippen LogP contribution in [-0.2, 0) is 10.0 Å². The Bertz CT molecular complexity index is 249. The molecule has 1 unspecified atom stereocenters. The average molecular weight is 206 g/mol. The highest BCUT2D eigenvalue weighted by Gasteiger charge is 2.24. The van der Waals surface area contributed by atoms with Gasteiger partial charge in [0.25, 0.3) is 0 Å². The van der Waals surface area contributed by atoms with Gasteiger partial charge in [0.15, 0.2) is 0 Å². The molecule has 1 fully saturated rings. The number of hydrogen-bond donors (Lipinski definition) is 1. The Hall–Kier alpha value is -0.130. The van der Waals surface area contributed by atoms with Crippen LogP contribution in [0.2, 0.25) is 0 Å². The van der Waals surface area contributed by atoms with Crippen LogP contribution in [0, 0.1) is 5.92 Å². The number of nitrogens with zero attached hydrogens (tertiary/aromatic N) is 1. The summed E-state index contributed by atoms with van der Waals surface area (Å²) in [6.45, 7) is 2.00. The Labute approximate surface area is 80.1 Å². The van der Waals surface area contributed by atoms with Gasteiger partial charge in [-0.25, -0.2) is 12.7 Å². The molecular formula is C8H18N2O2S. The van der Waals surface area contributed by atoms with Gasteiger partial charge in [0.05, 0.1) is 6.26 Å². The molecule has 0 aromatic carbocycles. The third-order valence-corrected chi connectivity index (χ3v) is 3.80. The van der Waals surface area contributed by atoms with E-state index in [2.05, 4.69) is 0 Å². The van der Waals surface area contributed by atoms with Crippen molar-refractivity contribution < 1.29 is 8.42 Å². The van der Waals surface area contributed by atoms with E-state index < -0.39 is 10.0 Å². The molecule has 1 aliphatic rings. The molecule has 0 saturated carbocycles. The predicted octanol–water partition coefficient (Wildman–Crippen LogP) is 0.00680. The Balaban J connectivity index is 2.52. The van der Waals surface area contributed by atoms with Crippen LogP contribution in [0.15, 0.2) is 0 Å². The van der Waals surface area contributed by atoms with Gasteiger partial charge in [-0.05, 0) is 31.7 Å². The third kappa shape index (κ3) is 3.25. The van der Waals surface area contributed by atoms with Gasteiger partial charge in [0, 0.05) is 13.1 Å². The normalized spacial score (nSPS) is 26.2. The van der Waals surface area contributed by atoms with Gasteiger partial charge in [-0.2, -0.15) is 0 Å². The summed E-state index contributed by atoms with van der Waals surface area (Å²) in [5.74, 6) is 0.466. The molecule has 0 amide bonds. The van der Waals surface area contributed by atoms with Gasteiger partial charge < -0.3 is 5.73 Å². The van der Waals surface area contributed by atoms with Crippen LogP contribution in [0.1, 0.15) is 19.3 Å². The van der Waals surface area contributed by atoms with E-state index in [1.54, 1.807) is 4.31 Å². The van der Waals surface area contributed by atoms with Crippen LogP contribution in [0.3, 0.4) is 0 Å². The summed E-state index contributed by atoms with van der Waals surface area (Å²) in [4.78, 5) is 0. The number of hydrogen-bond acceptors (Lipinski definition) is 3. The molecule has 0 aromatic heterocycles. The van der Waals surface area contributed by atoms with Crippen molar-refractivity contribution in [2.75, 3.05) is 25.9 Å². The first kappa shape index (κ1) is 10.9. The van der Waals surface area contributed by atoms with Gasteiger partial charge in [-0.15, -0.1) is 0 Å². The second-order valence-electron chi connectivity index (χ2n) is 3.71. The zero-order valence-corrected chi connectivity index (χ0v) is 8.89. The topological polar surface area (TPSA) is 63.4 Å². The monoisotopic (exact) mass is 206 g/mol. The second kappa shape index (κ2) is 4.39. The lowest BCUT2D eigenvalue weighted by molar-refractivity contribution is 0.259. The first-order valence-electron chi connectivity index (χ1n) is 4.69. The molecule has 0 bridgehead atoms. The van der Waals surface area contributed by atoms with E-state index >= 15 is 0 Å². The lowest BCUT2D eigenvalue weighted by Gasteiger charge is -2.30. The lowest BCUT2D eigenvalue weighted by Crippen LogP contribution is -2.39. The molecule has 1 heterocycles. The molecule has 2 N–H and O–H groups in total. The van der Waals surface area contributed by atoms with Crippen molar-refractivity contribution in [3.63, 3.8) is 0 Å². The van der Waals surface area contributed by atoms with E-state index in [0.29, 0.717) is 25.6 Å². The average Bonchev–Trinajstić information content (AvgIpc) is 2.04. The first-order valence-corrected chi connectivity index (χ1v) is 6.54. The minimum Gasteiger partial charge on any atom is -0.330 e. The van der Waals surface area contributed by atoms with E-state index in [1.165, 1.54) is 6.26 Å². The number of rotatable bonds is 3. The molecular weight excluding hydrogens is 188 g/mol. The predicted molar refractivity (Wildman–Crippen MR) is 52.8 cm³/mol. The van der Waals surface area contributed by atoms with Gasteiger partial charge in [0.1, 0.15) is 0 Å².